The summed E-state index contributed by atoms with van der Waals surface area (Å²) in [5, 5.41) is 7.80. The number of benzene rings is 1. The Hall–Kier alpha value is -0.960. The molecule has 1 aromatic carbocycles. The lowest BCUT2D eigenvalue weighted by Crippen LogP contribution is -2.45. The molecule has 7 heteroatoms. The number of aliphatic imine (C=N–C) groups is 1. The topological polar surface area (TPSA) is 56.7 Å². The second kappa shape index (κ2) is 12.7. The summed E-state index contributed by atoms with van der Waals surface area (Å²) in [5.41, 5.74) is 2.38. The van der Waals surface area contributed by atoms with E-state index in [1.807, 2.05) is 16.7 Å². The molecule has 5 nitrogen and oxygen atoms in total. The molecule has 0 radical (unpaired) electrons. The van der Waals surface area contributed by atoms with E-state index in [1.165, 1.54) is 36.8 Å². The zero-order valence-corrected chi connectivity index (χ0v) is 20.8. The second-order valence-electron chi connectivity index (χ2n) is 7.80. The summed E-state index contributed by atoms with van der Waals surface area (Å²) in [6.45, 7) is 5.22. The van der Waals surface area contributed by atoms with Crippen molar-refractivity contribution in [1.82, 2.24) is 15.5 Å². The van der Waals surface area contributed by atoms with Gasteiger partial charge in [-0.1, -0.05) is 30.7 Å². The molecule has 1 aromatic rings. The van der Waals surface area contributed by atoms with Crippen molar-refractivity contribution < 1.29 is 4.79 Å². The minimum Gasteiger partial charge on any atom is -0.357 e. The number of hydrogen-bond donors (Lipinski definition) is 2. The van der Waals surface area contributed by atoms with Crippen LogP contribution in [0.4, 0.5) is 0 Å². The Morgan fingerprint density at radius 3 is 2.83 bits per heavy atom. The molecule has 0 bridgehead atoms. The molecule has 162 valence electrons. The van der Waals surface area contributed by atoms with Crippen molar-refractivity contribution in [1.29, 1.82) is 0 Å². The lowest BCUT2D eigenvalue weighted by molar-refractivity contribution is -0.128. The predicted octanol–water partition coefficient (Wildman–Crippen LogP) is 4.16. The van der Waals surface area contributed by atoms with E-state index in [-0.39, 0.29) is 29.9 Å². The Morgan fingerprint density at radius 1 is 1.28 bits per heavy atom. The summed E-state index contributed by atoms with van der Waals surface area (Å²) in [6.07, 6.45) is 8.96. The first kappa shape index (κ1) is 24.3. The third-order valence-corrected chi connectivity index (χ3v) is 6.70. The van der Waals surface area contributed by atoms with Crippen molar-refractivity contribution in [3.05, 3.63) is 35.4 Å². The molecule has 0 spiro atoms. The van der Waals surface area contributed by atoms with Crippen molar-refractivity contribution in [2.24, 2.45) is 4.99 Å². The van der Waals surface area contributed by atoms with Crippen LogP contribution < -0.4 is 10.6 Å². The van der Waals surface area contributed by atoms with Gasteiger partial charge in [-0.25, -0.2) is 4.99 Å². The summed E-state index contributed by atoms with van der Waals surface area (Å²) in [5.74, 6) is 1.19. The third-order valence-electron chi connectivity index (χ3n) is 5.60. The fourth-order valence-electron chi connectivity index (χ4n) is 4.09. The van der Waals surface area contributed by atoms with Gasteiger partial charge in [0.25, 0.3) is 0 Å². The lowest BCUT2D eigenvalue weighted by Gasteiger charge is -2.29. The van der Waals surface area contributed by atoms with Crippen molar-refractivity contribution in [2.45, 2.75) is 69.8 Å². The average Bonchev–Trinajstić information content (AvgIpc) is 3.11. The first-order chi connectivity index (χ1) is 13.7. The van der Waals surface area contributed by atoms with Crippen LogP contribution in [0, 0.1) is 0 Å². The van der Waals surface area contributed by atoms with Gasteiger partial charge in [-0.3, -0.25) is 4.79 Å². The molecule has 2 N–H and O–H groups in total. The summed E-state index contributed by atoms with van der Waals surface area (Å²) in [7, 11) is 0. The van der Waals surface area contributed by atoms with Gasteiger partial charge >= 0.3 is 0 Å². The number of likely N-dealkylation sites (tertiary alicyclic amines) is 1. The monoisotopic (exact) mass is 530 g/mol. The van der Waals surface area contributed by atoms with Crippen LogP contribution in [0.25, 0.3) is 0 Å². The van der Waals surface area contributed by atoms with Gasteiger partial charge in [0.2, 0.25) is 5.91 Å². The number of hydrogen-bond acceptors (Lipinski definition) is 3. The van der Waals surface area contributed by atoms with E-state index in [0.29, 0.717) is 25.6 Å². The molecular weight excluding hydrogens is 495 g/mol. The van der Waals surface area contributed by atoms with Crippen LogP contribution in [0.3, 0.4) is 0 Å². The SMILES string of the molecule is CCNC(=NCc1cccc(CN2CCCC2=O)c1)NC1CCCC(SC)C1.I. The Labute approximate surface area is 196 Å². The van der Waals surface area contributed by atoms with Crippen LogP contribution in [0.15, 0.2) is 29.3 Å². The van der Waals surface area contributed by atoms with E-state index in [4.69, 9.17) is 4.99 Å². The van der Waals surface area contributed by atoms with Gasteiger partial charge < -0.3 is 15.5 Å². The molecule has 1 aliphatic heterocycles. The number of rotatable bonds is 7. The molecule has 1 heterocycles. The quantitative estimate of drug-likeness (QED) is 0.316. The standard InChI is InChI=1S/C22H34N4OS.HI/c1-3-23-22(25-19-9-5-10-20(14-19)28-2)24-15-17-7-4-8-18(13-17)16-26-12-6-11-21(26)27;/h4,7-8,13,19-20H,3,5-6,9-12,14-16H2,1-2H3,(H2,23,24,25);1H. The molecule has 1 saturated carbocycles. The fourth-order valence-corrected chi connectivity index (χ4v) is 4.92. The van der Waals surface area contributed by atoms with Crippen LogP contribution in [-0.4, -0.2) is 47.4 Å². The number of nitrogens with one attached hydrogen (secondary N) is 2. The fraction of sp³-hybridized carbons (Fsp3) is 0.636. The first-order valence-electron chi connectivity index (χ1n) is 10.6. The number of thioether (sulfide) groups is 1. The van der Waals surface area contributed by atoms with Gasteiger partial charge in [-0.2, -0.15) is 11.8 Å². The molecule has 3 rings (SSSR count). The highest BCUT2D eigenvalue weighted by Gasteiger charge is 2.22. The third kappa shape index (κ3) is 7.66. The van der Waals surface area contributed by atoms with E-state index in [2.05, 4.69) is 48.1 Å². The molecule has 2 atom stereocenters. The molecule has 1 saturated heterocycles. The van der Waals surface area contributed by atoms with Crippen LogP contribution in [-0.2, 0) is 17.9 Å². The van der Waals surface area contributed by atoms with E-state index < -0.39 is 0 Å². The highest BCUT2D eigenvalue weighted by molar-refractivity contribution is 14.0. The highest BCUT2D eigenvalue weighted by Crippen LogP contribution is 2.26. The Morgan fingerprint density at radius 2 is 2.10 bits per heavy atom. The highest BCUT2D eigenvalue weighted by atomic mass is 127. The molecule has 2 fully saturated rings. The minimum atomic E-state index is 0. The second-order valence-corrected chi connectivity index (χ2v) is 8.94. The summed E-state index contributed by atoms with van der Waals surface area (Å²) < 4.78 is 0. The van der Waals surface area contributed by atoms with E-state index in [1.54, 1.807) is 0 Å². The maximum Gasteiger partial charge on any atom is 0.222 e. The Kier molecular flexibility index (Phi) is 10.6. The molecule has 2 aliphatic rings. The summed E-state index contributed by atoms with van der Waals surface area (Å²) in [6, 6.07) is 8.99. The van der Waals surface area contributed by atoms with Gasteiger partial charge in [0.1, 0.15) is 0 Å². The van der Waals surface area contributed by atoms with Crippen molar-refractivity contribution in [3.8, 4) is 0 Å². The maximum atomic E-state index is 11.9. The normalized spacial score (nSPS) is 22.3. The number of halogens is 1. The molecule has 1 amide bonds. The van der Waals surface area contributed by atoms with E-state index in [0.717, 1.165) is 30.7 Å². The molecule has 1 aliphatic carbocycles. The van der Waals surface area contributed by atoms with Crippen LogP contribution in [0.2, 0.25) is 0 Å². The van der Waals surface area contributed by atoms with Gasteiger partial charge in [0.05, 0.1) is 6.54 Å². The van der Waals surface area contributed by atoms with E-state index >= 15 is 0 Å². The van der Waals surface area contributed by atoms with Gasteiger partial charge in [-0.05, 0) is 50.0 Å². The zero-order valence-electron chi connectivity index (χ0n) is 17.7. The Bertz CT molecular complexity index is 685. The van der Waals surface area contributed by atoms with Crippen LogP contribution >= 0.6 is 35.7 Å². The number of amides is 1. The maximum absolute atomic E-state index is 11.9. The first-order valence-corrected chi connectivity index (χ1v) is 11.9. The number of carbonyl (C=O) groups is 1. The number of carbonyl (C=O) groups excluding carboxylic acids is 1. The zero-order chi connectivity index (χ0) is 19.8. The predicted molar refractivity (Wildman–Crippen MR) is 134 cm³/mol. The van der Waals surface area contributed by atoms with Crippen molar-refractivity contribution in [3.63, 3.8) is 0 Å². The summed E-state index contributed by atoms with van der Waals surface area (Å²) >= 11 is 1.99. The number of nitrogens with zero attached hydrogens (tertiary/aromatic N) is 2. The van der Waals surface area contributed by atoms with Gasteiger partial charge in [0.15, 0.2) is 5.96 Å². The number of guanidine groups is 1. The Balaban J connectivity index is 0.00000300. The summed E-state index contributed by atoms with van der Waals surface area (Å²) in [4.78, 5) is 18.7. The molecule has 29 heavy (non-hydrogen) atoms. The van der Waals surface area contributed by atoms with Crippen LogP contribution in [0.1, 0.15) is 56.6 Å². The van der Waals surface area contributed by atoms with Gasteiger partial charge in [-0.15, -0.1) is 24.0 Å². The van der Waals surface area contributed by atoms with Crippen LogP contribution in [0.5, 0.6) is 0 Å². The minimum absolute atomic E-state index is 0. The molecular formula is C22H35IN4OS. The lowest BCUT2D eigenvalue weighted by atomic mass is 9.95. The average molecular weight is 531 g/mol. The largest absolute Gasteiger partial charge is 0.357 e. The van der Waals surface area contributed by atoms with E-state index in [9.17, 15) is 4.79 Å². The molecule has 2 unspecified atom stereocenters. The smallest absolute Gasteiger partial charge is 0.222 e. The van der Waals surface area contributed by atoms with Gasteiger partial charge in [0, 0.05) is 37.3 Å². The van der Waals surface area contributed by atoms with Crippen molar-refractivity contribution >= 4 is 47.6 Å². The molecule has 0 aromatic heterocycles. The van der Waals surface area contributed by atoms with Crippen molar-refractivity contribution in [2.75, 3.05) is 19.3 Å².